The number of ether oxygens (including phenoxy) is 2. The van der Waals surface area contributed by atoms with Crippen molar-refractivity contribution in [3.63, 3.8) is 0 Å². The van der Waals surface area contributed by atoms with Gasteiger partial charge in [0.15, 0.2) is 11.5 Å². The molecule has 0 radical (unpaired) electrons. The maximum atomic E-state index is 11.1. The Morgan fingerprint density at radius 1 is 1.42 bits per heavy atom. The molecule has 1 heterocycles. The third kappa shape index (κ3) is 3.19. The number of aliphatic carboxylic acids is 1. The Balaban J connectivity index is 2.09. The lowest BCUT2D eigenvalue weighted by Gasteiger charge is -2.18. The Labute approximate surface area is 120 Å². The monoisotopic (exact) mass is 329 g/mol. The first-order chi connectivity index (χ1) is 8.99. The number of nitrogens with one attached hydrogen (secondary N) is 1. The minimum atomic E-state index is -0.841. The highest BCUT2D eigenvalue weighted by molar-refractivity contribution is 9.10. The van der Waals surface area contributed by atoms with Crippen LogP contribution in [0.3, 0.4) is 0 Å². The first-order valence-electron chi connectivity index (χ1n) is 6.03. The summed E-state index contributed by atoms with van der Waals surface area (Å²) in [7, 11) is 0. The topological polar surface area (TPSA) is 67.8 Å². The van der Waals surface area contributed by atoms with Crippen LogP contribution in [0.15, 0.2) is 16.6 Å². The van der Waals surface area contributed by atoms with Crippen LogP contribution in [0, 0.1) is 5.92 Å². The van der Waals surface area contributed by atoms with Crippen LogP contribution in [0.5, 0.6) is 11.5 Å². The molecule has 2 N–H and O–H groups in total. The molecule has 19 heavy (non-hydrogen) atoms. The SMILES string of the molecule is CC(C)C(NCc1cc2c(cc1Br)OCO2)C(=O)O. The molecule has 1 aromatic rings. The lowest BCUT2D eigenvalue weighted by atomic mass is 10.0. The maximum absolute atomic E-state index is 11.1. The van der Waals surface area contributed by atoms with Gasteiger partial charge in [-0.05, 0) is 23.6 Å². The molecule has 1 aromatic carbocycles. The summed E-state index contributed by atoms with van der Waals surface area (Å²) >= 11 is 3.45. The lowest BCUT2D eigenvalue weighted by molar-refractivity contribution is -0.140. The summed E-state index contributed by atoms with van der Waals surface area (Å²) in [6, 6.07) is 3.13. The average Bonchev–Trinajstić information content (AvgIpc) is 2.75. The van der Waals surface area contributed by atoms with Crippen molar-refractivity contribution in [1.82, 2.24) is 5.32 Å². The van der Waals surface area contributed by atoms with Gasteiger partial charge in [-0.3, -0.25) is 4.79 Å². The molecule has 6 heteroatoms. The zero-order valence-corrected chi connectivity index (χ0v) is 12.4. The van der Waals surface area contributed by atoms with Crippen molar-refractivity contribution in [1.29, 1.82) is 0 Å². The number of rotatable bonds is 5. The predicted octanol–water partition coefficient (Wildman–Crippen LogP) is 2.38. The Hall–Kier alpha value is -1.27. The van der Waals surface area contributed by atoms with Crippen molar-refractivity contribution in [2.24, 2.45) is 5.92 Å². The fraction of sp³-hybridized carbons (Fsp3) is 0.462. The number of halogens is 1. The highest BCUT2D eigenvalue weighted by Gasteiger charge is 2.22. The molecule has 1 unspecified atom stereocenters. The van der Waals surface area contributed by atoms with Crippen LogP contribution in [0.4, 0.5) is 0 Å². The van der Waals surface area contributed by atoms with Gasteiger partial charge in [0.2, 0.25) is 6.79 Å². The van der Waals surface area contributed by atoms with E-state index in [0.29, 0.717) is 18.0 Å². The van der Waals surface area contributed by atoms with Gasteiger partial charge >= 0.3 is 5.97 Å². The summed E-state index contributed by atoms with van der Waals surface area (Å²) in [6.45, 7) is 4.43. The van der Waals surface area contributed by atoms with Gasteiger partial charge in [0, 0.05) is 11.0 Å². The number of benzene rings is 1. The normalized spacial score (nSPS) is 14.7. The zero-order chi connectivity index (χ0) is 14.0. The first kappa shape index (κ1) is 14.1. The number of hydrogen-bond donors (Lipinski definition) is 2. The van der Waals surface area contributed by atoms with Gasteiger partial charge in [-0.1, -0.05) is 29.8 Å². The average molecular weight is 330 g/mol. The standard InChI is InChI=1S/C13H16BrNO4/c1-7(2)12(13(16)17)15-5-8-3-10-11(4-9(8)14)19-6-18-10/h3-4,7,12,15H,5-6H2,1-2H3,(H,16,17). The first-order valence-corrected chi connectivity index (χ1v) is 6.82. The Kier molecular flexibility index (Phi) is 4.31. The summed E-state index contributed by atoms with van der Waals surface area (Å²) < 4.78 is 11.5. The second kappa shape index (κ2) is 5.79. The molecule has 0 aromatic heterocycles. The fourth-order valence-corrected chi connectivity index (χ4v) is 2.39. The number of carboxylic acid groups (broad SMARTS) is 1. The lowest BCUT2D eigenvalue weighted by Crippen LogP contribution is -2.40. The Morgan fingerprint density at radius 3 is 2.63 bits per heavy atom. The number of hydrogen-bond acceptors (Lipinski definition) is 4. The minimum absolute atomic E-state index is 0.0188. The van der Waals surface area contributed by atoms with Crippen molar-refractivity contribution in [3.8, 4) is 11.5 Å². The van der Waals surface area contributed by atoms with Crippen LogP contribution in [-0.2, 0) is 11.3 Å². The molecule has 0 bridgehead atoms. The minimum Gasteiger partial charge on any atom is -0.480 e. The molecule has 0 spiro atoms. The molecule has 1 aliphatic rings. The van der Waals surface area contributed by atoms with Gasteiger partial charge in [-0.25, -0.2) is 0 Å². The molecule has 0 aliphatic carbocycles. The highest BCUT2D eigenvalue weighted by Crippen LogP contribution is 2.36. The third-order valence-electron chi connectivity index (χ3n) is 2.99. The van der Waals surface area contributed by atoms with E-state index < -0.39 is 12.0 Å². The van der Waals surface area contributed by atoms with Crippen molar-refractivity contribution < 1.29 is 19.4 Å². The van der Waals surface area contributed by atoms with E-state index in [1.54, 1.807) is 0 Å². The largest absolute Gasteiger partial charge is 0.480 e. The van der Waals surface area contributed by atoms with Gasteiger partial charge in [0.05, 0.1) is 0 Å². The Morgan fingerprint density at radius 2 is 2.05 bits per heavy atom. The van der Waals surface area contributed by atoms with E-state index in [4.69, 9.17) is 14.6 Å². The second-order valence-corrected chi connectivity index (χ2v) is 5.59. The summed E-state index contributed by atoms with van der Waals surface area (Å²) in [4.78, 5) is 11.1. The predicted molar refractivity (Wildman–Crippen MR) is 73.4 cm³/mol. The van der Waals surface area contributed by atoms with Crippen LogP contribution in [0.25, 0.3) is 0 Å². The molecule has 2 rings (SSSR count). The van der Waals surface area contributed by atoms with Crippen LogP contribution in [0.1, 0.15) is 19.4 Å². The van der Waals surface area contributed by atoms with Crippen LogP contribution >= 0.6 is 15.9 Å². The van der Waals surface area contributed by atoms with E-state index in [1.807, 2.05) is 26.0 Å². The third-order valence-corrected chi connectivity index (χ3v) is 3.72. The molecule has 0 saturated heterocycles. The van der Waals surface area contributed by atoms with E-state index in [0.717, 1.165) is 10.0 Å². The highest BCUT2D eigenvalue weighted by atomic mass is 79.9. The van der Waals surface area contributed by atoms with Gasteiger partial charge < -0.3 is 19.9 Å². The van der Waals surface area contributed by atoms with Crippen molar-refractivity contribution >= 4 is 21.9 Å². The molecule has 0 amide bonds. The molecule has 1 atom stereocenters. The summed E-state index contributed by atoms with van der Waals surface area (Å²) in [5, 5.41) is 12.2. The smallest absolute Gasteiger partial charge is 0.320 e. The molecule has 0 fully saturated rings. The Bertz CT molecular complexity index is 490. The molecule has 5 nitrogen and oxygen atoms in total. The van der Waals surface area contributed by atoms with Crippen molar-refractivity contribution in [3.05, 3.63) is 22.2 Å². The summed E-state index contributed by atoms with van der Waals surface area (Å²) in [6.07, 6.45) is 0. The zero-order valence-electron chi connectivity index (χ0n) is 10.8. The van der Waals surface area contributed by atoms with Crippen LogP contribution in [0.2, 0.25) is 0 Å². The summed E-state index contributed by atoms with van der Waals surface area (Å²) in [5.74, 6) is 0.572. The van der Waals surface area contributed by atoms with Gasteiger partial charge in [-0.2, -0.15) is 0 Å². The maximum Gasteiger partial charge on any atom is 0.320 e. The molecular weight excluding hydrogens is 314 g/mol. The van der Waals surface area contributed by atoms with Crippen LogP contribution in [-0.4, -0.2) is 23.9 Å². The van der Waals surface area contributed by atoms with Gasteiger partial charge in [0.25, 0.3) is 0 Å². The quantitative estimate of drug-likeness (QED) is 0.868. The molecule has 0 saturated carbocycles. The number of carboxylic acids is 1. The van der Waals surface area contributed by atoms with Gasteiger partial charge in [-0.15, -0.1) is 0 Å². The van der Waals surface area contributed by atoms with Crippen molar-refractivity contribution in [2.45, 2.75) is 26.4 Å². The van der Waals surface area contributed by atoms with E-state index in [1.165, 1.54) is 0 Å². The molecule has 104 valence electrons. The van der Waals surface area contributed by atoms with E-state index in [9.17, 15) is 4.79 Å². The molecular formula is C13H16BrNO4. The fourth-order valence-electron chi connectivity index (χ4n) is 1.92. The van der Waals surface area contributed by atoms with E-state index in [-0.39, 0.29) is 12.7 Å². The number of carbonyl (C=O) groups is 1. The van der Waals surface area contributed by atoms with Crippen LogP contribution < -0.4 is 14.8 Å². The van der Waals surface area contributed by atoms with Crippen molar-refractivity contribution in [2.75, 3.05) is 6.79 Å². The van der Waals surface area contributed by atoms with Gasteiger partial charge in [0.1, 0.15) is 6.04 Å². The van der Waals surface area contributed by atoms with E-state index in [2.05, 4.69) is 21.2 Å². The molecule has 1 aliphatic heterocycles. The van der Waals surface area contributed by atoms with E-state index >= 15 is 0 Å². The number of fused-ring (bicyclic) bond motifs is 1. The second-order valence-electron chi connectivity index (χ2n) is 4.74. The summed E-state index contributed by atoms with van der Waals surface area (Å²) in [5.41, 5.74) is 0.941.